The summed E-state index contributed by atoms with van der Waals surface area (Å²) in [4.78, 5) is 33.3. The van der Waals surface area contributed by atoms with Crippen LogP contribution in [0.4, 0.5) is 5.69 Å². The highest BCUT2D eigenvalue weighted by Crippen LogP contribution is 2.17. The Morgan fingerprint density at radius 3 is 2.61 bits per heavy atom. The van der Waals surface area contributed by atoms with E-state index in [4.69, 9.17) is 9.52 Å². The van der Waals surface area contributed by atoms with Gasteiger partial charge in [-0.05, 0) is 18.2 Å². The fourth-order valence-electron chi connectivity index (χ4n) is 1.54. The maximum atomic E-state index is 11.7. The fourth-order valence-corrected chi connectivity index (χ4v) is 1.54. The lowest BCUT2D eigenvalue weighted by molar-refractivity contribution is -0.114. The molecule has 0 unspecified atom stereocenters. The van der Waals surface area contributed by atoms with E-state index >= 15 is 0 Å². The average Bonchev–Trinajstić information content (AvgIpc) is 2.28. The normalized spacial score (nSPS) is 10.3. The molecule has 1 amide bonds. The summed E-state index contributed by atoms with van der Waals surface area (Å²) in [5, 5.41) is 11.5. The second-order valence-corrected chi connectivity index (χ2v) is 3.67. The molecule has 1 heterocycles. The number of carbonyl (C=O) groups excluding carboxylic acids is 1. The van der Waals surface area contributed by atoms with Crippen LogP contribution >= 0.6 is 0 Å². The van der Waals surface area contributed by atoms with Crippen LogP contribution in [-0.2, 0) is 4.79 Å². The Morgan fingerprint density at radius 2 is 2.00 bits per heavy atom. The van der Waals surface area contributed by atoms with Gasteiger partial charge in [-0.3, -0.25) is 9.59 Å². The molecule has 2 N–H and O–H groups in total. The molecule has 0 aliphatic carbocycles. The second-order valence-electron chi connectivity index (χ2n) is 3.67. The number of fused-ring (bicyclic) bond motifs is 1. The Hall–Kier alpha value is -2.63. The highest BCUT2D eigenvalue weighted by Gasteiger charge is 2.11. The molecule has 6 nitrogen and oxygen atoms in total. The van der Waals surface area contributed by atoms with Crippen molar-refractivity contribution >= 4 is 28.5 Å². The number of carbonyl (C=O) groups is 2. The number of amides is 1. The van der Waals surface area contributed by atoms with E-state index in [2.05, 4.69) is 5.32 Å². The number of carboxylic acids is 1. The standard InChI is InChI=1S/C12H9NO5/c1-6(14)13-7-2-3-10-8(4-7)9(15)5-11(18-10)12(16)17/h2-5H,1H3,(H,13,14)(H,16,17). The van der Waals surface area contributed by atoms with Gasteiger partial charge in [0.25, 0.3) is 0 Å². The van der Waals surface area contributed by atoms with E-state index in [1.165, 1.54) is 25.1 Å². The number of nitrogens with one attached hydrogen (secondary N) is 1. The minimum absolute atomic E-state index is 0.161. The van der Waals surface area contributed by atoms with Crippen molar-refractivity contribution in [3.8, 4) is 0 Å². The number of rotatable bonds is 2. The van der Waals surface area contributed by atoms with Crippen LogP contribution in [0.1, 0.15) is 17.5 Å². The largest absolute Gasteiger partial charge is 0.475 e. The van der Waals surface area contributed by atoms with Gasteiger partial charge in [0.05, 0.1) is 5.39 Å². The van der Waals surface area contributed by atoms with Gasteiger partial charge in [-0.25, -0.2) is 4.79 Å². The van der Waals surface area contributed by atoms with Crippen LogP contribution < -0.4 is 10.7 Å². The van der Waals surface area contributed by atoms with Crippen LogP contribution in [0.2, 0.25) is 0 Å². The first kappa shape index (κ1) is 11.8. The van der Waals surface area contributed by atoms with Gasteiger partial charge in [0.1, 0.15) is 5.58 Å². The molecule has 0 fully saturated rings. The van der Waals surface area contributed by atoms with E-state index in [1.807, 2.05) is 0 Å². The van der Waals surface area contributed by atoms with E-state index in [0.717, 1.165) is 6.07 Å². The highest BCUT2D eigenvalue weighted by molar-refractivity contribution is 5.92. The van der Waals surface area contributed by atoms with Gasteiger partial charge in [-0.15, -0.1) is 0 Å². The molecule has 92 valence electrons. The zero-order valence-electron chi connectivity index (χ0n) is 9.39. The molecule has 0 bridgehead atoms. The van der Waals surface area contributed by atoms with Crippen molar-refractivity contribution in [2.24, 2.45) is 0 Å². The van der Waals surface area contributed by atoms with Crippen LogP contribution in [0.15, 0.2) is 33.5 Å². The van der Waals surface area contributed by atoms with Gasteiger partial charge in [-0.1, -0.05) is 0 Å². The molecule has 0 aliphatic rings. The summed E-state index contributed by atoms with van der Waals surface area (Å²) in [5.41, 5.74) is 0.139. The van der Waals surface area contributed by atoms with Crippen molar-refractivity contribution in [1.29, 1.82) is 0 Å². The summed E-state index contributed by atoms with van der Waals surface area (Å²) in [6, 6.07) is 5.31. The third-order valence-electron chi connectivity index (χ3n) is 2.26. The van der Waals surface area contributed by atoms with E-state index in [1.54, 1.807) is 0 Å². The maximum absolute atomic E-state index is 11.7. The predicted molar refractivity (Wildman–Crippen MR) is 63.7 cm³/mol. The van der Waals surface area contributed by atoms with Gasteiger partial charge >= 0.3 is 5.97 Å². The molecule has 2 rings (SSSR count). The molecular weight excluding hydrogens is 238 g/mol. The van der Waals surface area contributed by atoms with Crippen molar-refractivity contribution in [2.75, 3.05) is 5.32 Å². The lowest BCUT2D eigenvalue weighted by Gasteiger charge is -2.03. The molecule has 0 radical (unpaired) electrons. The van der Waals surface area contributed by atoms with Crippen molar-refractivity contribution in [2.45, 2.75) is 6.92 Å². The molecule has 0 saturated heterocycles. The van der Waals surface area contributed by atoms with Gasteiger partial charge in [0.15, 0.2) is 5.43 Å². The highest BCUT2D eigenvalue weighted by atomic mass is 16.4. The maximum Gasteiger partial charge on any atom is 0.371 e. The summed E-state index contributed by atoms with van der Waals surface area (Å²) in [6.45, 7) is 1.35. The van der Waals surface area contributed by atoms with Crippen molar-refractivity contribution < 1.29 is 19.1 Å². The van der Waals surface area contributed by atoms with Crippen LogP contribution in [0, 0.1) is 0 Å². The van der Waals surface area contributed by atoms with Crippen LogP contribution in [-0.4, -0.2) is 17.0 Å². The van der Waals surface area contributed by atoms with Crippen molar-refractivity contribution in [3.05, 3.63) is 40.2 Å². The van der Waals surface area contributed by atoms with E-state index in [9.17, 15) is 14.4 Å². The molecule has 0 aliphatic heterocycles. The number of benzene rings is 1. The quantitative estimate of drug-likeness (QED) is 0.837. The predicted octanol–water partition coefficient (Wildman–Crippen LogP) is 1.45. The number of aromatic carboxylic acids is 1. The van der Waals surface area contributed by atoms with Gasteiger partial charge in [0, 0.05) is 18.7 Å². The first-order valence-electron chi connectivity index (χ1n) is 5.06. The van der Waals surface area contributed by atoms with Crippen LogP contribution in [0.25, 0.3) is 11.0 Å². The van der Waals surface area contributed by atoms with Gasteiger partial charge < -0.3 is 14.8 Å². The van der Waals surface area contributed by atoms with Gasteiger partial charge in [-0.2, -0.15) is 0 Å². The monoisotopic (exact) mass is 247 g/mol. The fraction of sp³-hybridized carbons (Fsp3) is 0.0833. The third kappa shape index (κ3) is 2.22. The Labute approximate surface area is 101 Å². The number of carboxylic acid groups (broad SMARTS) is 1. The first-order chi connectivity index (χ1) is 8.47. The summed E-state index contributed by atoms with van der Waals surface area (Å²) < 4.78 is 5.05. The molecule has 0 atom stereocenters. The molecule has 0 saturated carbocycles. The van der Waals surface area contributed by atoms with E-state index in [0.29, 0.717) is 5.69 Å². The molecule has 6 heteroatoms. The molecule has 2 aromatic rings. The Morgan fingerprint density at radius 1 is 1.28 bits per heavy atom. The third-order valence-corrected chi connectivity index (χ3v) is 2.26. The summed E-state index contributed by atoms with van der Waals surface area (Å²) >= 11 is 0. The summed E-state index contributed by atoms with van der Waals surface area (Å²) in [7, 11) is 0. The second kappa shape index (κ2) is 4.33. The summed E-state index contributed by atoms with van der Waals surface area (Å²) in [5.74, 6) is -1.99. The number of hydrogen-bond acceptors (Lipinski definition) is 4. The smallest absolute Gasteiger partial charge is 0.371 e. The van der Waals surface area contributed by atoms with Crippen molar-refractivity contribution in [1.82, 2.24) is 0 Å². The zero-order valence-corrected chi connectivity index (χ0v) is 9.39. The first-order valence-corrected chi connectivity index (χ1v) is 5.06. The SMILES string of the molecule is CC(=O)Nc1ccc2oc(C(=O)O)cc(=O)c2c1. The Balaban J connectivity index is 2.61. The number of hydrogen-bond donors (Lipinski definition) is 2. The summed E-state index contributed by atoms with van der Waals surface area (Å²) in [6.07, 6.45) is 0. The number of anilines is 1. The zero-order chi connectivity index (χ0) is 13.3. The minimum atomic E-state index is -1.31. The van der Waals surface area contributed by atoms with Crippen molar-refractivity contribution in [3.63, 3.8) is 0 Å². The molecule has 18 heavy (non-hydrogen) atoms. The van der Waals surface area contributed by atoms with Gasteiger partial charge in [0.2, 0.25) is 11.7 Å². The van der Waals surface area contributed by atoms with E-state index < -0.39 is 17.2 Å². The Bertz CT molecular complexity index is 701. The van der Waals surface area contributed by atoms with Crippen LogP contribution in [0.5, 0.6) is 0 Å². The molecule has 1 aromatic carbocycles. The topological polar surface area (TPSA) is 96.6 Å². The Kier molecular flexibility index (Phi) is 2.85. The van der Waals surface area contributed by atoms with Crippen LogP contribution in [0.3, 0.4) is 0 Å². The van der Waals surface area contributed by atoms with E-state index in [-0.39, 0.29) is 16.9 Å². The lowest BCUT2D eigenvalue weighted by atomic mass is 10.2. The minimum Gasteiger partial charge on any atom is -0.475 e. The lowest BCUT2D eigenvalue weighted by Crippen LogP contribution is -2.09. The molecular formula is C12H9NO5. The molecule has 1 aromatic heterocycles. The molecule has 0 spiro atoms. The average molecular weight is 247 g/mol.